The van der Waals surface area contributed by atoms with Crippen LogP contribution in [0.1, 0.15) is 57.6 Å². The van der Waals surface area contributed by atoms with E-state index in [0.29, 0.717) is 22.4 Å². The van der Waals surface area contributed by atoms with Gasteiger partial charge in [0.1, 0.15) is 5.82 Å². The Morgan fingerprint density at radius 2 is 1.91 bits per heavy atom. The Balaban J connectivity index is 1.47. The van der Waals surface area contributed by atoms with Gasteiger partial charge in [0.15, 0.2) is 11.5 Å². The molecule has 1 aliphatic carbocycles. The van der Waals surface area contributed by atoms with E-state index in [-0.39, 0.29) is 11.8 Å². The monoisotopic (exact) mass is 482 g/mol. The highest BCUT2D eigenvalue weighted by Gasteiger charge is 2.27. The van der Waals surface area contributed by atoms with Crippen molar-refractivity contribution in [2.45, 2.75) is 58.8 Å². The Morgan fingerprint density at radius 3 is 2.62 bits per heavy atom. The van der Waals surface area contributed by atoms with Gasteiger partial charge in [-0.25, -0.2) is 4.98 Å². The van der Waals surface area contributed by atoms with Crippen LogP contribution in [0, 0.1) is 18.8 Å². The number of rotatable bonds is 9. The number of hydrogen-bond acceptors (Lipinski definition) is 6. The molecule has 0 saturated heterocycles. The topological polar surface area (TPSA) is 78.3 Å². The number of methoxy groups -OCH3 is 2. The summed E-state index contributed by atoms with van der Waals surface area (Å²) in [5.41, 5.74) is 2.58. The molecular weight excluding hydrogens is 448 g/mol. The van der Waals surface area contributed by atoms with E-state index in [1.807, 2.05) is 36.6 Å². The second-order valence-electron chi connectivity index (χ2n) is 9.02. The van der Waals surface area contributed by atoms with Crippen molar-refractivity contribution in [2.24, 2.45) is 11.8 Å². The lowest BCUT2D eigenvalue weighted by Gasteiger charge is -2.27. The molecule has 4 rings (SSSR count). The fourth-order valence-corrected chi connectivity index (χ4v) is 5.45. The zero-order chi connectivity index (χ0) is 24.1. The average molecular weight is 483 g/mol. The number of anilines is 1. The van der Waals surface area contributed by atoms with Crippen LogP contribution in [0.25, 0.3) is 16.4 Å². The van der Waals surface area contributed by atoms with E-state index in [1.54, 1.807) is 18.9 Å². The molecule has 1 amide bonds. The van der Waals surface area contributed by atoms with Gasteiger partial charge < -0.3 is 14.8 Å². The zero-order valence-electron chi connectivity index (χ0n) is 20.5. The molecule has 1 saturated carbocycles. The van der Waals surface area contributed by atoms with Crippen LogP contribution in [0.15, 0.2) is 29.6 Å². The van der Waals surface area contributed by atoms with Crippen LogP contribution in [0.2, 0.25) is 0 Å². The molecule has 0 atom stereocenters. The Hall–Kier alpha value is -2.87. The molecule has 0 unspecified atom stereocenters. The standard InChI is InChI=1S/C26H34N4O3S/c1-5-6-7-18-8-10-19(11-9-18)25(31)28-24-14-17(2)29-30(24)26-27-21(16-34-26)20-12-13-22(32-3)23(15-20)33-4/h12-16,18-19H,5-11H2,1-4H3,(H,28,31). The first-order valence-electron chi connectivity index (χ1n) is 12.1. The number of hydrogen-bond donors (Lipinski definition) is 1. The Labute approximate surface area is 205 Å². The minimum Gasteiger partial charge on any atom is -0.493 e. The van der Waals surface area contributed by atoms with Crippen LogP contribution < -0.4 is 14.8 Å². The van der Waals surface area contributed by atoms with Crippen molar-refractivity contribution in [3.63, 3.8) is 0 Å². The molecule has 0 aliphatic heterocycles. The molecule has 182 valence electrons. The highest BCUT2D eigenvalue weighted by molar-refractivity contribution is 7.12. The molecule has 0 bridgehead atoms. The second-order valence-corrected chi connectivity index (χ2v) is 9.85. The fourth-order valence-electron chi connectivity index (χ4n) is 4.66. The molecule has 3 aromatic rings. The number of aromatic nitrogens is 3. The lowest BCUT2D eigenvalue weighted by Crippen LogP contribution is -2.28. The van der Waals surface area contributed by atoms with Gasteiger partial charge in [0, 0.05) is 22.9 Å². The van der Waals surface area contributed by atoms with E-state index in [2.05, 4.69) is 17.3 Å². The first kappa shape index (κ1) is 24.3. The van der Waals surface area contributed by atoms with E-state index < -0.39 is 0 Å². The molecule has 0 spiro atoms. The molecule has 1 aliphatic rings. The molecule has 34 heavy (non-hydrogen) atoms. The zero-order valence-corrected chi connectivity index (χ0v) is 21.3. The Bertz CT molecular complexity index is 1120. The molecule has 1 aromatic carbocycles. The first-order chi connectivity index (χ1) is 16.5. The van der Waals surface area contributed by atoms with Crippen molar-refractivity contribution in [2.75, 3.05) is 19.5 Å². The lowest BCUT2D eigenvalue weighted by atomic mass is 9.79. The minimum absolute atomic E-state index is 0.0696. The number of aryl methyl sites for hydroxylation is 1. The molecule has 0 radical (unpaired) electrons. The maximum atomic E-state index is 13.0. The van der Waals surface area contributed by atoms with Crippen LogP contribution in [0.3, 0.4) is 0 Å². The van der Waals surface area contributed by atoms with E-state index in [0.717, 1.165) is 48.6 Å². The largest absolute Gasteiger partial charge is 0.493 e. The van der Waals surface area contributed by atoms with Gasteiger partial charge >= 0.3 is 0 Å². The maximum absolute atomic E-state index is 13.0. The van der Waals surface area contributed by atoms with Crippen molar-refractivity contribution >= 4 is 23.1 Å². The van der Waals surface area contributed by atoms with Crippen LogP contribution in [-0.4, -0.2) is 34.9 Å². The van der Waals surface area contributed by atoms with Crippen molar-refractivity contribution < 1.29 is 14.3 Å². The predicted molar refractivity (Wildman–Crippen MR) is 136 cm³/mol. The average Bonchev–Trinajstić information content (AvgIpc) is 3.49. The summed E-state index contributed by atoms with van der Waals surface area (Å²) >= 11 is 1.48. The highest BCUT2D eigenvalue weighted by atomic mass is 32.1. The number of ether oxygens (including phenoxy) is 2. The maximum Gasteiger partial charge on any atom is 0.228 e. The van der Waals surface area contributed by atoms with E-state index in [4.69, 9.17) is 14.5 Å². The van der Waals surface area contributed by atoms with Gasteiger partial charge in [0.25, 0.3) is 0 Å². The molecule has 2 heterocycles. The molecule has 1 fully saturated rings. The second kappa shape index (κ2) is 11.0. The summed E-state index contributed by atoms with van der Waals surface area (Å²) in [6.07, 6.45) is 8.06. The number of thiazole rings is 1. The summed E-state index contributed by atoms with van der Waals surface area (Å²) in [5, 5.41) is 10.4. The number of nitrogens with zero attached hydrogens (tertiary/aromatic N) is 3. The number of benzene rings is 1. The van der Waals surface area contributed by atoms with Crippen LogP contribution >= 0.6 is 11.3 Å². The summed E-state index contributed by atoms with van der Waals surface area (Å²) in [5.74, 6) is 2.94. The van der Waals surface area contributed by atoms with Crippen molar-refractivity contribution in [3.8, 4) is 27.9 Å². The van der Waals surface area contributed by atoms with Crippen molar-refractivity contribution in [1.82, 2.24) is 14.8 Å². The summed E-state index contributed by atoms with van der Waals surface area (Å²) in [4.78, 5) is 17.8. The Morgan fingerprint density at radius 1 is 1.15 bits per heavy atom. The van der Waals surface area contributed by atoms with Crippen molar-refractivity contribution in [3.05, 3.63) is 35.3 Å². The van der Waals surface area contributed by atoms with Crippen LogP contribution in [-0.2, 0) is 4.79 Å². The van der Waals surface area contributed by atoms with Gasteiger partial charge in [-0.2, -0.15) is 9.78 Å². The minimum atomic E-state index is 0.0696. The molecule has 7 nitrogen and oxygen atoms in total. The van der Waals surface area contributed by atoms with E-state index in [1.165, 1.54) is 30.6 Å². The molecule has 2 aromatic heterocycles. The third-order valence-corrected chi connectivity index (χ3v) is 7.43. The number of unbranched alkanes of at least 4 members (excludes halogenated alkanes) is 1. The van der Waals surface area contributed by atoms with Crippen LogP contribution in [0.5, 0.6) is 11.5 Å². The quantitative estimate of drug-likeness (QED) is 0.390. The van der Waals surface area contributed by atoms with Crippen molar-refractivity contribution in [1.29, 1.82) is 0 Å². The summed E-state index contributed by atoms with van der Waals surface area (Å²) in [6, 6.07) is 7.63. The Kier molecular flexibility index (Phi) is 7.88. The number of carbonyl (C=O) groups excluding carboxylic acids is 1. The highest BCUT2D eigenvalue weighted by Crippen LogP contribution is 2.35. The molecule has 8 heteroatoms. The van der Waals surface area contributed by atoms with Gasteiger partial charge in [0.2, 0.25) is 11.0 Å². The third-order valence-electron chi connectivity index (χ3n) is 6.62. The van der Waals surface area contributed by atoms with Gasteiger partial charge in [-0.1, -0.05) is 26.2 Å². The third kappa shape index (κ3) is 5.43. The van der Waals surface area contributed by atoms with Gasteiger partial charge in [0.05, 0.1) is 25.6 Å². The predicted octanol–water partition coefficient (Wildman–Crippen LogP) is 6.26. The van der Waals surface area contributed by atoms with Gasteiger partial charge in [-0.05, 0) is 56.7 Å². The number of amides is 1. The number of nitrogens with one attached hydrogen (secondary N) is 1. The smallest absolute Gasteiger partial charge is 0.228 e. The summed E-state index contributed by atoms with van der Waals surface area (Å²) in [6.45, 7) is 4.16. The van der Waals surface area contributed by atoms with E-state index >= 15 is 0 Å². The van der Waals surface area contributed by atoms with Gasteiger partial charge in [-0.15, -0.1) is 11.3 Å². The lowest BCUT2D eigenvalue weighted by molar-refractivity contribution is -0.121. The van der Waals surface area contributed by atoms with E-state index in [9.17, 15) is 4.79 Å². The first-order valence-corrected chi connectivity index (χ1v) is 13.0. The normalized spacial score (nSPS) is 18.0. The fraction of sp³-hybridized carbons (Fsp3) is 0.500. The van der Waals surface area contributed by atoms with Crippen LogP contribution in [0.4, 0.5) is 5.82 Å². The molecular formula is C26H34N4O3S. The molecule has 1 N–H and O–H groups in total. The number of carbonyl (C=O) groups is 1. The van der Waals surface area contributed by atoms with Gasteiger partial charge in [-0.3, -0.25) is 4.79 Å². The summed E-state index contributed by atoms with van der Waals surface area (Å²) in [7, 11) is 3.24. The summed E-state index contributed by atoms with van der Waals surface area (Å²) < 4.78 is 12.5. The SMILES string of the molecule is CCCCC1CCC(C(=O)Nc2cc(C)nn2-c2nc(-c3ccc(OC)c(OC)c3)cs2)CC1.